The number of aliphatic carboxylic acids is 1. The SMILES string of the molecule is O=C(O)[C]1C=CCN1. The van der Waals surface area contributed by atoms with Gasteiger partial charge >= 0.3 is 5.97 Å². The zero-order chi connectivity index (χ0) is 5.98. The van der Waals surface area contributed by atoms with Crippen molar-refractivity contribution in [3.8, 4) is 0 Å². The second kappa shape index (κ2) is 1.96. The first-order chi connectivity index (χ1) is 3.80. The third kappa shape index (κ3) is 0.869. The number of hydrogen-bond acceptors (Lipinski definition) is 2. The van der Waals surface area contributed by atoms with E-state index in [9.17, 15) is 4.79 Å². The van der Waals surface area contributed by atoms with Crippen LogP contribution in [0, 0.1) is 6.04 Å². The quantitative estimate of drug-likeness (QED) is 0.492. The first-order valence-electron chi connectivity index (χ1n) is 2.31. The second-order valence-corrected chi connectivity index (χ2v) is 1.50. The van der Waals surface area contributed by atoms with Crippen molar-refractivity contribution in [1.82, 2.24) is 5.32 Å². The van der Waals surface area contributed by atoms with Crippen LogP contribution >= 0.6 is 0 Å². The highest BCUT2D eigenvalue weighted by Gasteiger charge is 2.16. The van der Waals surface area contributed by atoms with Crippen molar-refractivity contribution in [3.63, 3.8) is 0 Å². The summed E-state index contributed by atoms with van der Waals surface area (Å²) in [7, 11) is 0. The molecule has 0 aromatic heterocycles. The monoisotopic (exact) mass is 112 g/mol. The molecule has 8 heavy (non-hydrogen) atoms. The molecule has 1 rings (SSSR count). The summed E-state index contributed by atoms with van der Waals surface area (Å²) >= 11 is 0. The van der Waals surface area contributed by atoms with Crippen molar-refractivity contribution in [3.05, 3.63) is 18.2 Å². The normalized spacial score (nSPS) is 19.5. The van der Waals surface area contributed by atoms with Gasteiger partial charge in [0.05, 0.1) is 0 Å². The Hall–Kier alpha value is -0.830. The summed E-state index contributed by atoms with van der Waals surface area (Å²) in [5.41, 5.74) is 0. The second-order valence-electron chi connectivity index (χ2n) is 1.50. The largest absolute Gasteiger partial charge is 0.480 e. The van der Waals surface area contributed by atoms with Crippen molar-refractivity contribution in [1.29, 1.82) is 0 Å². The van der Waals surface area contributed by atoms with Gasteiger partial charge in [-0.15, -0.1) is 0 Å². The van der Waals surface area contributed by atoms with E-state index >= 15 is 0 Å². The Labute approximate surface area is 47.0 Å². The van der Waals surface area contributed by atoms with Gasteiger partial charge in [-0.05, 0) is 0 Å². The van der Waals surface area contributed by atoms with Crippen molar-refractivity contribution in [2.75, 3.05) is 6.54 Å². The smallest absolute Gasteiger partial charge is 0.330 e. The Morgan fingerprint density at radius 1 is 1.88 bits per heavy atom. The molecule has 3 nitrogen and oxygen atoms in total. The van der Waals surface area contributed by atoms with E-state index in [0.29, 0.717) is 6.54 Å². The molecule has 0 saturated heterocycles. The molecule has 0 amide bonds. The Morgan fingerprint density at radius 2 is 2.62 bits per heavy atom. The van der Waals surface area contributed by atoms with Gasteiger partial charge in [-0.3, -0.25) is 5.32 Å². The van der Waals surface area contributed by atoms with E-state index in [4.69, 9.17) is 5.11 Å². The Bertz CT molecular complexity index is 130. The maximum absolute atomic E-state index is 10.1. The first-order valence-corrected chi connectivity index (χ1v) is 2.31. The van der Waals surface area contributed by atoms with Gasteiger partial charge in [0.2, 0.25) is 0 Å². The van der Waals surface area contributed by atoms with Gasteiger partial charge in [0.15, 0.2) is 6.04 Å². The van der Waals surface area contributed by atoms with Gasteiger partial charge in [-0.25, -0.2) is 4.79 Å². The molecule has 3 heteroatoms. The molecule has 0 spiro atoms. The van der Waals surface area contributed by atoms with Crippen LogP contribution in [0.2, 0.25) is 0 Å². The van der Waals surface area contributed by atoms with E-state index in [1.54, 1.807) is 12.2 Å². The molecule has 0 saturated carbocycles. The summed E-state index contributed by atoms with van der Waals surface area (Å²) in [6.45, 7) is 0.641. The van der Waals surface area contributed by atoms with Gasteiger partial charge < -0.3 is 5.11 Å². The third-order valence-electron chi connectivity index (χ3n) is 0.925. The molecule has 43 valence electrons. The summed E-state index contributed by atoms with van der Waals surface area (Å²) in [6.07, 6.45) is 3.33. The number of carbonyl (C=O) groups is 1. The van der Waals surface area contributed by atoms with Crippen LogP contribution in [0.1, 0.15) is 0 Å². The van der Waals surface area contributed by atoms with Crippen molar-refractivity contribution in [2.24, 2.45) is 0 Å². The fraction of sp³-hybridized carbons (Fsp3) is 0.200. The molecule has 0 bridgehead atoms. The highest BCUT2D eigenvalue weighted by molar-refractivity contribution is 5.85. The molecule has 0 atom stereocenters. The van der Waals surface area contributed by atoms with Crippen LogP contribution in [0.4, 0.5) is 0 Å². The average molecular weight is 112 g/mol. The summed E-state index contributed by atoms with van der Waals surface area (Å²) in [6, 6.07) is 0.282. The first kappa shape index (κ1) is 5.31. The van der Waals surface area contributed by atoms with Crippen LogP contribution in [0.25, 0.3) is 0 Å². The van der Waals surface area contributed by atoms with E-state index in [1.807, 2.05) is 0 Å². The van der Waals surface area contributed by atoms with Crippen LogP contribution < -0.4 is 5.32 Å². The molecule has 0 aromatic carbocycles. The van der Waals surface area contributed by atoms with E-state index in [2.05, 4.69) is 5.32 Å². The van der Waals surface area contributed by atoms with Gasteiger partial charge in [0, 0.05) is 6.54 Å². The Kier molecular flexibility index (Phi) is 1.30. The van der Waals surface area contributed by atoms with Gasteiger partial charge in [-0.2, -0.15) is 0 Å². The van der Waals surface area contributed by atoms with Crippen LogP contribution in [0.15, 0.2) is 12.2 Å². The lowest BCUT2D eigenvalue weighted by molar-refractivity contribution is -0.134. The number of rotatable bonds is 1. The minimum absolute atomic E-state index is 0.282. The number of carboxylic acid groups (broad SMARTS) is 1. The van der Waals surface area contributed by atoms with E-state index in [-0.39, 0.29) is 6.04 Å². The minimum Gasteiger partial charge on any atom is -0.480 e. The molecule has 0 fully saturated rings. The van der Waals surface area contributed by atoms with Gasteiger partial charge in [-0.1, -0.05) is 12.2 Å². The fourth-order valence-corrected chi connectivity index (χ4v) is 0.551. The van der Waals surface area contributed by atoms with Crippen molar-refractivity contribution >= 4 is 5.97 Å². The molecule has 1 radical (unpaired) electrons. The lowest BCUT2D eigenvalue weighted by Gasteiger charge is -1.96. The molecular weight excluding hydrogens is 106 g/mol. The van der Waals surface area contributed by atoms with Crippen LogP contribution in [0.3, 0.4) is 0 Å². The summed E-state index contributed by atoms with van der Waals surface area (Å²) in [5.74, 6) is -0.890. The predicted molar refractivity (Wildman–Crippen MR) is 28.0 cm³/mol. The van der Waals surface area contributed by atoms with Gasteiger partial charge in [0.25, 0.3) is 0 Å². The van der Waals surface area contributed by atoms with Crippen molar-refractivity contribution < 1.29 is 9.90 Å². The Morgan fingerprint density at radius 3 is 2.88 bits per heavy atom. The maximum Gasteiger partial charge on any atom is 0.330 e. The third-order valence-corrected chi connectivity index (χ3v) is 0.925. The van der Waals surface area contributed by atoms with E-state index < -0.39 is 5.97 Å². The van der Waals surface area contributed by atoms with Gasteiger partial charge in [0.1, 0.15) is 0 Å². The van der Waals surface area contributed by atoms with Crippen LogP contribution in [-0.2, 0) is 4.79 Å². The zero-order valence-corrected chi connectivity index (χ0v) is 4.22. The van der Waals surface area contributed by atoms with Crippen molar-refractivity contribution in [2.45, 2.75) is 0 Å². The number of nitrogens with one attached hydrogen (secondary N) is 1. The molecule has 1 aliphatic rings. The average Bonchev–Trinajstić information content (AvgIpc) is 2.12. The topological polar surface area (TPSA) is 49.3 Å². The molecular formula is C5H6NO2. The number of carboxylic acids is 1. The highest BCUT2D eigenvalue weighted by atomic mass is 16.4. The van der Waals surface area contributed by atoms with Crippen LogP contribution in [0.5, 0.6) is 0 Å². The van der Waals surface area contributed by atoms with E-state index in [1.165, 1.54) is 0 Å². The Balaban J connectivity index is 2.48. The fourth-order valence-electron chi connectivity index (χ4n) is 0.551. The summed E-state index contributed by atoms with van der Waals surface area (Å²) < 4.78 is 0. The number of hydrogen-bond donors (Lipinski definition) is 2. The zero-order valence-electron chi connectivity index (χ0n) is 4.22. The van der Waals surface area contributed by atoms with E-state index in [0.717, 1.165) is 0 Å². The highest BCUT2D eigenvalue weighted by Crippen LogP contribution is 2.01. The minimum atomic E-state index is -0.890. The molecule has 0 aromatic rings. The molecule has 1 aliphatic heterocycles. The lowest BCUT2D eigenvalue weighted by Crippen LogP contribution is -2.21. The molecule has 0 unspecified atom stereocenters. The molecule has 2 N–H and O–H groups in total. The summed E-state index contributed by atoms with van der Waals surface area (Å²) in [4.78, 5) is 10.1. The molecule has 1 heterocycles. The maximum atomic E-state index is 10.1. The molecule has 0 aliphatic carbocycles. The summed E-state index contributed by atoms with van der Waals surface area (Å²) in [5, 5.41) is 10.9. The van der Waals surface area contributed by atoms with Crippen LogP contribution in [-0.4, -0.2) is 17.6 Å². The predicted octanol–water partition coefficient (Wildman–Crippen LogP) is -0.238. The lowest BCUT2D eigenvalue weighted by atomic mass is 10.3. The standard InChI is InChI=1S/C5H6NO2/c7-5(8)4-2-1-3-6-4/h1-2,6H,3H2,(H,7,8).